The molecule has 1 heterocycles. The van der Waals surface area contributed by atoms with E-state index in [9.17, 15) is 4.79 Å². The lowest BCUT2D eigenvalue weighted by Crippen LogP contribution is -2.23. The number of fused-ring (bicyclic) bond motifs is 1. The van der Waals surface area contributed by atoms with Crippen LogP contribution in [0.1, 0.15) is 21.6 Å². The van der Waals surface area contributed by atoms with E-state index in [0.717, 1.165) is 22.0 Å². The standard InChI is InChI=1S/C19H19ClN2O3/c1-11-14-6-5-13(20)9-15(14)22-18(11)19(23)21-10-12-4-7-16(24-2)17(8-12)25-3/h4-9,22H,10H2,1-3H3,(H,21,23). The first-order valence-electron chi connectivity index (χ1n) is 7.80. The molecule has 0 saturated carbocycles. The van der Waals surface area contributed by atoms with Crippen LogP contribution in [0.3, 0.4) is 0 Å². The number of benzene rings is 2. The molecule has 3 rings (SSSR count). The molecular weight excluding hydrogens is 340 g/mol. The lowest BCUT2D eigenvalue weighted by molar-refractivity contribution is 0.0946. The van der Waals surface area contributed by atoms with Crippen LogP contribution in [0.4, 0.5) is 0 Å². The summed E-state index contributed by atoms with van der Waals surface area (Å²) in [7, 11) is 3.17. The molecule has 0 radical (unpaired) electrons. The van der Waals surface area contributed by atoms with E-state index in [0.29, 0.717) is 28.8 Å². The first-order valence-corrected chi connectivity index (χ1v) is 8.18. The van der Waals surface area contributed by atoms with Gasteiger partial charge in [0.15, 0.2) is 11.5 Å². The lowest BCUT2D eigenvalue weighted by atomic mass is 10.1. The summed E-state index contributed by atoms with van der Waals surface area (Å²) in [4.78, 5) is 15.7. The summed E-state index contributed by atoms with van der Waals surface area (Å²) in [6.07, 6.45) is 0. The molecule has 130 valence electrons. The van der Waals surface area contributed by atoms with Gasteiger partial charge in [0.25, 0.3) is 5.91 Å². The molecule has 1 aromatic heterocycles. The molecule has 5 nitrogen and oxygen atoms in total. The topological polar surface area (TPSA) is 63.3 Å². The number of hydrogen-bond donors (Lipinski definition) is 2. The van der Waals surface area contributed by atoms with Gasteiger partial charge in [-0.1, -0.05) is 23.7 Å². The van der Waals surface area contributed by atoms with Crippen molar-refractivity contribution >= 4 is 28.4 Å². The predicted molar refractivity (Wildman–Crippen MR) is 98.8 cm³/mol. The van der Waals surface area contributed by atoms with Crippen molar-refractivity contribution in [2.75, 3.05) is 14.2 Å². The quantitative estimate of drug-likeness (QED) is 0.722. The lowest BCUT2D eigenvalue weighted by Gasteiger charge is -2.10. The van der Waals surface area contributed by atoms with Gasteiger partial charge < -0.3 is 19.8 Å². The number of halogens is 1. The highest BCUT2D eigenvalue weighted by Gasteiger charge is 2.15. The van der Waals surface area contributed by atoms with E-state index in [1.807, 2.05) is 43.3 Å². The number of ether oxygens (including phenoxy) is 2. The van der Waals surface area contributed by atoms with Crippen molar-refractivity contribution in [3.8, 4) is 11.5 Å². The van der Waals surface area contributed by atoms with Gasteiger partial charge in [0.2, 0.25) is 0 Å². The van der Waals surface area contributed by atoms with E-state index in [2.05, 4.69) is 10.3 Å². The molecule has 0 bridgehead atoms. The third-order valence-electron chi connectivity index (χ3n) is 4.15. The van der Waals surface area contributed by atoms with Crippen LogP contribution in [0.25, 0.3) is 10.9 Å². The van der Waals surface area contributed by atoms with Gasteiger partial charge >= 0.3 is 0 Å². The SMILES string of the molecule is COc1ccc(CNC(=O)c2[nH]c3cc(Cl)ccc3c2C)cc1OC. The van der Waals surface area contributed by atoms with Gasteiger partial charge in [-0.3, -0.25) is 4.79 Å². The van der Waals surface area contributed by atoms with Crippen LogP contribution in [0.5, 0.6) is 11.5 Å². The highest BCUT2D eigenvalue weighted by Crippen LogP contribution is 2.28. The second kappa shape index (κ2) is 7.07. The summed E-state index contributed by atoms with van der Waals surface area (Å²) in [5.74, 6) is 1.12. The molecule has 0 aliphatic heterocycles. The van der Waals surface area contributed by atoms with Crippen LogP contribution in [0, 0.1) is 6.92 Å². The zero-order chi connectivity index (χ0) is 18.0. The number of methoxy groups -OCH3 is 2. The Morgan fingerprint density at radius 1 is 1.12 bits per heavy atom. The van der Waals surface area contributed by atoms with Crippen LogP contribution in [-0.2, 0) is 6.54 Å². The molecule has 3 aromatic rings. The maximum absolute atomic E-state index is 12.5. The maximum Gasteiger partial charge on any atom is 0.268 e. The third kappa shape index (κ3) is 3.42. The molecule has 0 aliphatic rings. The molecular formula is C19H19ClN2O3. The van der Waals surface area contributed by atoms with E-state index in [1.165, 1.54) is 0 Å². The fourth-order valence-electron chi connectivity index (χ4n) is 2.80. The number of carbonyl (C=O) groups excluding carboxylic acids is 1. The average Bonchev–Trinajstić information content (AvgIpc) is 2.95. The number of H-pyrrole nitrogens is 1. The Morgan fingerprint density at radius 2 is 1.88 bits per heavy atom. The van der Waals surface area contributed by atoms with Crippen molar-refractivity contribution in [1.82, 2.24) is 10.3 Å². The molecule has 1 amide bonds. The highest BCUT2D eigenvalue weighted by atomic mass is 35.5. The van der Waals surface area contributed by atoms with Crippen LogP contribution in [-0.4, -0.2) is 25.1 Å². The fourth-order valence-corrected chi connectivity index (χ4v) is 2.97. The molecule has 0 spiro atoms. The van der Waals surface area contributed by atoms with E-state index in [1.54, 1.807) is 14.2 Å². The Morgan fingerprint density at radius 3 is 2.60 bits per heavy atom. The smallest absolute Gasteiger partial charge is 0.268 e. The van der Waals surface area contributed by atoms with Gasteiger partial charge in [0, 0.05) is 22.5 Å². The number of aryl methyl sites for hydroxylation is 1. The molecule has 0 unspecified atom stereocenters. The largest absolute Gasteiger partial charge is 0.493 e. The zero-order valence-corrected chi connectivity index (χ0v) is 15.0. The molecule has 2 aromatic carbocycles. The van der Waals surface area contributed by atoms with E-state index >= 15 is 0 Å². The Hall–Kier alpha value is -2.66. The van der Waals surface area contributed by atoms with Crippen molar-refractivity contribution in [3.63, 3.8) is 0 Å². The molecule has 25 heavy (non-hydrogen) atoms. The second-order valence-electron chi connectivity index (χ2n) is 5.69. The predicted octanol–water partition coefficient (Wildman–Crippen LogP) is 4.08. The summed E-state index contributed by atoms with van der Waals surface area (Å²) in [5, 5.41) is 4.54. The Labute approximate surface area is 150 Å². The monoisotopic (exact) mass is 358 g/mol. The van der Waals surface area contributed by atoms with Gasteiger partial charge in [-0.15, -0.1) is 0 Å². The zero-order valence-electron chi connectivity index (χ0n) is 14.3. The van der Waals surface area contributed by atoms with Crippen LogP contribution >= 0.6 is 11.6 Å². The molecule has 0 atom stereocenters. The van der Waals surface area contributed by atoms with Gasteiger partial charge in [-0.05, 0) is 42.3 Å². The number of hydrogen-bond acceptors (Lipinski definition) is 3. The average molecular weight is 359 g/mol. The first-order chi connectivity index (χ1) is 12.0. The normalized spacial score (nSPS) is 10.7. The molecule has 0 fully saturated rings. The summed E-state index contributed by atoms with van der Waals surface area (Å²) in [6, 6.07) is 11.1. The van der Waals surface area contributed by atoms with Crippen LogP contribution < -0.4 is 14.8 Å². The summed E-state index contributed by atoms with van der Waals surface area (Å²) in [5.41, 5.74) is 3.21. The number of aromatic amines is 1. The molecule has 2 N–H and O–H groups in total. The summed E-state index contributed by atoms with van der Waals surface area (Å²) < 4.78 is 10.5. The van der Waals surface area contributed by atoms with Crippen molar-refractivity contribution in [3.05, 3.63) is 58.2 Å². The van der Waals surface area contributed by atoms with Gasteiger partial charge in [0.05, 0.1) is 14.2 Å². The van der Waals surface area contributed by atoms with Gasteiger partial charge in [-0.2, -0.15) is 0 Å². The minimum absolute atomic E-state index is 0.167. The molecule has 6 heteroatoms. The van der Waals surface area contributed by atoms with E-state index in [4.69, 9.17) is 21.1 Å². The minimum Gasteiger partial charge on any atom is -0.493 e. The molecule has 0 aliphatic carbocycles. The number of amides is 1. The van der Waals surface area contributed by atoms with E-state index in [-0.39, 0.29) is 5.91 Å². The number of rotatable bonds is 5. The maximum atomic E-state index is 12.5. The Bertz CT molecular complexity index is 934. The van der Waals surface area contributed by atoms with E-state index < -0.39 is 0 Å². The van der Waals surface area contributed by atoms with Crippen molar-refractivity contribution < 1.29 is 14.3 Å². The van der Waals surface area contributed by atoms with Crippen molar-refractivity contribution in [1.29, 1.82) is 0 Å². The molecule has 0 saturated heterocycles. The van der Waals surface area contributed by atoms with Crippen molar-refractivity contribution in [2.24, 2.45) is 0 Å². The summed E-state index contributed by atoms with van der Waals surface area (Å²) in [6.45, 7) is 2.30. The highest BCUT2D eigenvalue weighted by molar-refractivity contribution is 6.31. The van der Waals surface area contributed by atoms with Gasteiger partial charge in [0.1, 0.15) is 5.69 Å². The first kappa shape index (κ1) is 17.2. The van der Waals surface area contributed by atoms with Crippen LogP contribution in [0.2, 0.25) is 5.02 Å². The number of nitrogens with one attached hydrogen (secondary N) is 2. The van der Waals surface area contributed by atoms with Gasteiger partial charge in [-0.25, -0.2) is 0 Å². The Kier molecular flexibility index (Phi) is 4.86. The minimum atomic E-state index is -0.167. The number of aromatic nitrogens is 1. The van der Waals surface area contributed by atoms with Crippen molar-refractivity contribution in [2.45, 2.75) is 13.5 Å². The fraction of sp³-hybridized carbons (Fsp3) is 0.211. The second-order valence-corrected chi connectivity index (χ2v) is 6.12. The third-order valence-corrected chi connectivity index (χ3v) is 4.38. The van der Waals surface area contributed by atoms with Crippen LogP contribution in [0.15, 0.2) is 36.4 Å². The summed E-state index contributed by atoms with van der Waals surface area (Å²) >= 11 is 6.01. The number of carbonyl (C=O) groups is 1. The Balaban J connectivity index is 1.78.